The molecule has 0 aliphatic carbocycles. The number of nitro benzene ring substituents is 1. The van der Waals surface area contributed by atoms with Crippen molar-refractivity contribution >= 4 is 23.0 Å². The Morgan fingerprint density at radius 1 is 1.22 bits per heavy atom. The van der Waals surface area contributed by atoms with Crippen LogP contribution < -0.4 is 5.32 Å². The van der Waals surface area contributed by atoms with Crippen molar-refractivity contribution in [3.63, 3.8) is 0 Å². The van der Waals surface area contributed by atoms with Gasteiger partial charge in [0.2, 0.25) is 5.91 Å². The van der Waals surface area contributed by atoms with Crippen molar-refractivity contribution in [2.75, 3.05) is 5.32 Å². The van der Waals surface area contributed by atoms with Crippen molar-refractivity contribution in [2.45, 2.75) is 26.6 Å². The highest BCUT2D eigenvalue weighted by Gasteiger charge is 2.33. The number of alkyl halides is 3. The van der Waals surface area contributed by atoms with Crippen LogP contribution in [-0.2, 0) is 17.5 Å². The number of amides is 1. The Balaban J connectivity index is 2.27. The number of carbonyl (C=O) groups excluding carboxylic acids is 1. The smallest absolute Gasteiger partial charge is 0.319 e. The Morgan fingerprint density at radius 2 is 1.85 bits per heavy atom. The monoisotopic (exact) mass is 387 g/mol. The molecule has 0 unspecified atom stereocenters. The fourth-order valence-corrected chi connectivity index (χ4v) is 2.40. The van der Waals surface area contributed by atoms with E-state index in [1.54, 1.807) is 0 Å². The largest absolute Gasteiger partial charge is 0.416 e. The van der Waals surface area contributed by atoms with Crippen LogP contribution in [0, 0.1) is 34.1 Å². The number of nitrogens with zero attached hydrogens (tertiary/aromatic N) is 4. The van der Waals surface area contributed by atoms with E-state index in [2.05, 4.69) is 10.4 Å². The van der Waals surface area contributed by atoms with Crippen LogP contribution in [0.2, 0.25) is 0 Å². The summed E-state index contributed by atoms with van der Waals surface area (Å²) in [4.78, 5) is 32.3. The Morgan fingerprint density at radius 3 is 2.33 bits per heavy atom. The van der Waals surface area contributed by atoms with Crippen molar-refractivity contribution in [2.24, 2.45) is 0 Å². The molecule has 0 radical (unpaired) electrons. The van der Waals surface area contributed by atoms with Crippen LogP contribution in [0.25, 0.3) is 0 Å². The third kappa shape index (κ3) is 4.19. The normalized spacial score (nSPS) is 11.3. The van der Waals surface area contributed by atoms with Crippen molar-refractivity contribution in [3.05, 3.63) is 55.4 Å². The Labute approximate surface area is 148 Å². The average molecular weight is 387 g/mol. The van der Waals surface area contributed by atoms with E-state index in [1.807, 2.05) is 0 Å². The molecular formula is C14H12F3N5O5. The number of benzene rings is 1. The molecule has 1 heterocycles. The molecule has 2 rings (SSSR count). The summed E-state index contributed by atoms with van der Waals surface area (Å²) in [5.41, 5.74) is -2.71. The Bertz CT molecular complexity index is 938. The molecule has 10 nitrogen and oxygen atoms in total. The van der Waals surface area contributed by atoms with Gasteiger partial charge in [-0.3, -0.25) is 29.7 Å². The van der Waals surface area contributed by atoms with Gasteiger partial charge in [0.1, 0.15) is 23.6 Å². The highest BCUT2D eigenvalue weighted by Crippen LogP contribution is 2.35. The molecule has 0 aliphatic heterocycles. The lowest BCUT2D eigenvalue weighted by atomic mass is 10.1. The van der Waals surface area contributed by atoms with E-state index in [1.165, 1.54) is 13.8 Å². The Hall–Kier alpha value is -3.51. The second kappa shape index (κ2) is 7.01. The molecule has 13 heteroatoms. The van der Waals surface area contributed by atoms with Gasteiger partial charge in [-0.15, -0.1) is 0 Å². The first-order valence-electron chi connectivity index (χ1n) is 7.25. The van der Waals surface area contributed by atoms with Gasteiger partial charge in [0.05, 0.1) is 15.4 Å². The zero-order valence-electron chi connectivity index (χ0n) is 13.9. The van der Waals surface area contributed by atoms with Crippen LogP contribution in [0.3, 0.4) is 0 Å². The molecule has 0 atom stereocenters. The Kier molecular flexibility index (Phi) is 5.14. The molecule has 1 aromatic carbocycles. The van der Waals surface area contributed by atoms with E-state index in [9.17, 15) is 38.2 Å². The van der Waals surface area contributed by atoms with Gasteiger partial charge in [-0.1, -0.05) is 0 Å². The average Bonchev–Trinajstić information content (AvgIpc) is 2.80. The SMILES string of the molecule is Cc1nn(CC(=O)Nc2ccc(C(F)(F)F)cc2[N+](=O)[O-])c(C)c1[N+](=O)[O-]. The van der Waals surface area contributed by atoms with Crippen molar-refractivity contribution < 1.29 is 27.8 Å². The number of anilines is 1. The lowest BCUT2D eigenvalue weighted by Gasteiger charge is -2.10. The van der Waals surface area contributed by atoms with E-state index in [4.69, 9.17) is 0 Å². The van der Waals surface area contributed by atoms with Gasteiger partial charge in [-0.2, -0.15) is 18.3 Å². The number of nitro groups is 2. The van der Waals surface area contributed by atoms with Crippen molar-refractivity contribution in [3.8, 4) is 0 Å². The zero-order chi connectivity index (χ0) is 20.5. The summed E-state index contributed by atoms with van der Waals surface area (Å²) in [6.07, 6.45) is -4.78. The van der Waals surface area contributed by atoms with Gasteiger partial charge in [-0.25, -0.2) is 0 Å². The van der Waals surface area contributed by atoms with Gasteiger partial charge in [0.15, 0.2) is 0 Å². The fraction of sp³-hybridized carbons (Fsp3) is 0.286. The van der Waals surface area contributed by atoms with E-state index in [0.717, 1.165) is 10.7 Å². The fourth-order valence-electron chi connectivity index (χ4n) is 2.40. The number of aromatic nitrogens is 2. The molecule has 2 aromatic rings. The number of nitrogens with one attached hydrogen (secondary N) is 1. The van der Waals surface area contributed by atoms with Crippen LogP contribution in [0.1, 0.15) is 17.0 Å². The molecule has 0 fully saturated rings. The van der Waals surface area contributed by atoms with Crippen LogP contribution in [0.5, 0.6) is 0 Å². The topological polar surface area (TPSA) is 133 Å². The predicted molar refractivity (Wildman–Crippen MR) is 85.1 cm³/mol. The number of aryl methyl sites for hydroxylation is 1. The quantitative estimate of drug-likeness (QED) is 0.619. The highest BCUT2D eigenvalue weighted by atomic mass is 19.4. The number of carbonyl (C=O) groups is 1. The summed E-state index contributed by atoms with van der Waals surface area (Å²) >= 11 is 0. The molecule has 0 saturated heterocycles. The summed E-state index contributed by atoms with van der Waals surface area (Å²) in [6.45, 7) is 2.23. The molecule has 0 spiro atoms. The molecule has 1 amide bonds. The maximum atomic E-state index is 12.7. The molecular weight excluding hydrogens is 375 g/mol. The summed E-state index contributed by atoms with van der Waals surface area (Å²) in [7, 11) is 0. The van der Waals surface area contributed by atoms with Crippen LogP contribution in [-0.4, -0.2) is 25.5 Å². The van der Waals surface area contributed by atoms with Crippen LogP contribution >= 0.6 is 0 Å². The van der Waals surface area contributed by atoms with Gasteiger partial charge in [0, 0.05) is 6.07 Å². The second-order valence-electron chi connectivity index (χ2n) is 5.47. The summed E-state index contributed by atoms with van der Waals surface area (Å²) in [5, 5.41) is 27.9. The van der Waals surface area contributed by atoms with Crippen molar-refractivity contribution in [1.29, 1.82) is 0 Å². The standard InChI is InChI=1S/C14H12F3N5O5/c1-7-13(22(26)27)8(2)20(19-7)6-12(23)18-10-4-3-9(14(15,16)17)5-11(10)21(24)25/h3-5H,6H2,1-2H3,(H,18,23). The molecule has 1 aromatic heterocycles. The lowest BCUT2D eigenvalue weighted by Crippen LogP contribution is -2.21. The molecule has 0 saturated carbocycles. The van der Waals surface area contributed by atoms with Crippen molar-refractivity contribution in [1.82, 2.24) is 9.78 Å². The summed E-state index contributed by atoms with van der Waals surface area (Å²) < 4.78 is 39.1. The molecule has 1 N–H and O–H groups in total. The number of hydrogen-bond donors (Lipinski definition) is 1. The van der Waals surface area contributed by atoms with Gasteiger partial charge >= 0.3 is 11.9 Å². The number of halogens is 3. The minimum atomic E-state index is -4.78. The highest BCUT2D eigenvalue weighted by molar-refractivity contribution is 5.93. The molecule has 144 valence electrons. The first-order chi connectivity index (χ1) is 12.4. The van der Waals surface area contributed by atoms with E-state index < -0.39 is 45.4 Å². The van der Waals surface area contributed by atoms with Crippen LogP contribution in [0.15, 0.2) is 18.2 Å². The first kappa shape index (κ1) is 19.8. The van der Waals surface area contributed by atoms with Crippen LogP contribution in [0.4, 0.5) is 30.2 Å². The third-order valence-corrected chi connectivity index (χ3v) is 3.62. The second-order valence-corrected chi connectivity index (χ2v) is 5.47. The van der Waals surface area contributed by atoms with Gasteiger partial charge < -0.3 is 5.32 Å². The van der Waals surface area contributed by atoms with Gasteiger partial charge in [0.25, 0.3) is 5.69 Å². The van der Waals surface area contributed by atoms with E-state index in [0.29, 0.717) is 12.1 Å². The minimum absolute atomic E-state index is 0.0748. The maximum absolute atomic E-state index is 12.7. The third-order valence-electron chi connectivity index (χ3n) is 3.62. The summed E-state index contributed by atoms with van der Waals surface area (Å²) in [5.74, 6) is -0.849. The lowest BCUT2D eigenvalue weighted by molar-refractivity contribution is -0.386. The summed E-state index contributed by atoms with van der Waals surface area (Å²) in [6, 6.07) is 1.67. The van der Waals surface area contributed by atoms with Gasteiger partial charge in [-0.05, 0) is 26.0 Å². The molecule has 27 heavy (non-hydrogen) atoms. The first-order valence-corrected chi connectivity index (χ1v) is 7.25. The maximum Gasteiger partial charge on any atom is 0.416 e. The minimum Gasteiger partial charge on any atom is -0.319 e. The predicted octanol–water partition coefficient (Wildman–Crippen LogP) is 2.97. The van der Waals surface area contributed by atoms with E-state index in [-0.39, 0.29) is 17.1 Å². The zero-order valence-corrected chi connectivity index (χ0v) is 13.9. The molecule has 0 aliphatic rings. The molecule has 0 bridgehead atoms. The number of rotatable bonds is 5. The van der Waals surface area contributed by atoms with E-state index >= 15 is 0 Å². The number of hydrogen-bond acceptors (Lipinski definition) is 6.